The molecular formula is C22H31N3O6S. The van der Waals surface area contributed by atoms with Gasteiger partial charge in [0.15, 0.2) is 9.84 Å². The predicted octanol–water partition coefficient (Wildman–Crippen LogP) is 0.457. The molecule has 0 spiro atoms. The molecule has 1 aromatic rings. The summed E-state index contributed by atoms with van der Waals surface area (Å²) in [5, 5.41) is 9.46. The second-order valence-electron chi connectivity index (χ2n) is 8.65. The van der Waals surface area contributed by atoms with Crippen molar-refractivity contribution in [2.45, 2.75) is 31.1 Å². The van der Waals surface area contributed by atoms with Crippen LogP contribution in [0.3, 0.4) is 0 Å². The lowest BCUT2D eigenvalue weighted by atomic mass is 10.0. The van der Waals surface area contributed by atoms with E-state index in [1.54, 1.807) is 35.2 Å². The number of aliphatic carboxylic acids is 1. The number of sulfone groups is 1. The van der Waals surface area contributed by atoms with Crippen LogP contribution in [-0.4, -0.2) is 97.6 Å². The highest BCUT2D eigenvalue weighted by atomic mass is 32.2. The summed E-state index contributed by atoms with van der Waals surface area (Å²) in [5.41, 5.74) is 0.605. The highest BCUT2D eigenvalue weighted by Crippen LogP contribution is 2.24. The van der Waals surface area contributed by atoms with E-state index in [4.69, 9.17) is 0 Å². The van der Waals surface area contributed by atoms with Gasteiger partial charge in [0.1, 0.15) is 6.04 Å². The summed E-state index contributed by atoms with van der Waals surface area (Å²) < 4.78 is 25.9. The predicted molar refractivity (Wildman–Crippen MR) is 118 cm³/mol. The third-order valence-electron chi connectivity index (χ3n) is 6.13. The number of hydrogen-bond donors (Lipinski definition) is 1. The van der Waals surface area contributed by atoms with Gasteiger partial charge in [-0.25, -0.2) is 13.2 Å². The SMILES string of the molecule is CN1CCN(C(=O)C[C@@H](CS(=O)(=O)Cc2ccccc2)C(=O)N2CCC[C@H]2C(=O)O)CC1. The number of nitrogens with zero attached hydrogens (tertiary/aromatic N) is 3. The monoisotopic (exact) mass is 465 g/mol. The smallest absolute Gasteiger partial charge is 0.326 e. The number of hydrogen-bond acceptors (Lipinski definition) is 6. The van der Waals surface area contributed by atoms with Crippen LogP contribution in [0.1, 0.15) is 24.8 Å². The second kappa shape index (κ2) is 10.4. The molecule has 0 aliphatic carbocycles. The van der Waals surface area contributed by atoms with Crippen LogP contribution in [0.15, 0.2) is 30.3 Å². The van der Waals surface area contributed by atoms with Crippen LogP contribution in [0.4, 0.5) is 0 Å². The van der Waals surface area contributed by atoms with Crippen LogP contribution in [0.2, 0.25) is 0 Å². The van der Waals surface area contributed by atoms with Crippen LogP contribution in [-0.2, 0) is 30.0 Å². The minimum absolute atomic E-state index is 0.233. The lowest BCUT2D eigenvalue weighted by molar-refractivity contribution is -0.150. The molecule has 2 aliphatic rings. The van der Waals surface area contributed by atoms with Crippen molar-refractivity contribution in [3.8, 4) is 0 Å². The Morgan fingerprint density at radius 2 is 1.72 bits per heavy atom. The first-order valence-electron chi connectivity index (χ1n) is 10.9. The summed E-state index contributed by atoms with van der Waals surface area (Å²) in [5.74, 6) is -3.75. The zero-order valence-corrected chi connectivity index (χ0v) is 19.2. The van der Waals surface area contributed by atoms with Crippen molar-refractivity contribution in [1.29, 1.82) is 0 Å². The minimum atomic E-state index is -3.71. The van der Waals surface area contributed by atoms with Crippen LogP contribution < -0.4 is 0 Å². The van der Waals surface area contributed by atoms with Gasteiger partial charge in [-0.15, -0.1) is 0 Å². The Balaban J connectivity index is 1.77. The fourth-order valence-electron chi connectivity index (χ4n) is 4.33. The van der Waals surface area contributed by atoms with Gasteiger partial charge in [0.2, 0.25) is 11.8 Å². The van der Waals surface area contributed by atoms with E-state index in [1.807, 2.05) is 7.05 Å². The standard InChI is InChI=1S/C22H31N3O6S/c1-23-10-12-24(13-11-23)20(26)14-18(21(27)25-9-5-8-19(25)22(28)29)16-32(30,31)15-17-6-3-2-4-7-17/h2-4,6-7,18-19H,5,8-16H2,1H3,(H,28,29)/t18-,19-/m0/s1. The van der Waals surface area contributed by atoms with Crippen LogP contribution in [0, 0.1) is 5.92 Å². The van der Waals surface area contributed by atoms with E-state index in [2.05, 4.69) is 4.90 Å². The number of carboxylic acid groups (broad SMARTS) is 1. The molecule has 9 nitrogen and oxygen atoms in total. The molecule has 176 valence electrons. The number of likely N-dealkylation sites (tertiary alicyclic amines) is 1. The van der Waals surface area contributed by atoms with Crippen molar-refractivity contribution in [2.24, 2.45) is 5.92 Å². The molecule has 10 heteroatoms. The van der Waals surface area contributed by atoms with Gasteiger partial charge < -0.3 is 19.8 Å². The first-order chi connectivity index (χ1) is 15.2. The fourth-order valence-corrected chi connectivity index (χ4v) is 6.02. The molecule has 2 saturated heterocycles. The fraction of sp³-hybridized carbons (Fsp3) is 0.591. The Hall–Kier alpha value is -2.46. The van der Waals surface area contributed by atoms with Gasteiger partial charge in [0.05, 0.1) is 17.4 Å². The lowest BCUT2D eigenvalue weighted by Crippen LogP contribution is -2.49. The van der Waals surface area contributed by atoms with Gasteiger partial charge in [-0.2, -0.15) is 0 Å². The van der Waals surface area contributed by atoms with Crippen LogP contribution in [0.5, 0.6) is 0 Å². The van der Waals surface area contributed by atoms with Gasteiger partial charge >= 0.3 is 5.97 Å². The molecule has 0 radical (unpaired) electrons. The molecule has 2 heterocycles. The van der Waals surface area contributed by atoms with Crippen molar-refractivity contribution in [3.63, 3.8) is 0 Å². The number of rotatable bonds is 8. The zero-order chi connectivity index (χ0) is 23.3. The highest BCUT2D eigenvalue weighted by molar-refractivity contribution is 7.90. The Morgan fingerprint density at radius 1 is 1.06 bits per heavy atom. The van der Waals surface area contributed by atoms with Crippen molar-refractivity contribution >= 4 is 27.6 Å². The largest absolute Gasteiger partial charge is 0.480 e. The van der Waals surface area contributed by atoms with E-state index in [0.29, 0.717) is 44.6 Å². The minimum Gasteiger partial charge on any atom is -0.480 e. The average Bonchev–Trinajstić information content (AvgIpc) is 3.23. The Bertz CT molecular complexity index is 928. The summed E-state index contributed by atoms with van der Waals surface area (Å²) >= 11 is 0. The third-order valence-corrected chi connectivity index (χ3v) is 7.82. The van der Waals surface area contributed by atoms with Crippen molar-refractivity contribution in [3.05, 3.63) is 35.9 Å². The van der Waals surface area contributed by atoms with Gasteiger partial charge in [0, 0.05) is 39.1 Å². The van der Waals surface area contributed by atoms with E-state index in [-0.39, 0.29) is 24.6 Å². The van der Waals surface area contributed by atoms with Crippen molar-refractivity contribution in [2.75, 3.05) is 45.5 Å². The molecule has 0 aromatic heterocycles. The number of carboxylic acids is 1. The highest BCUT2D eigenvalue weighted by Gasteiger charge is 2.40. The van der Waals surface area contributed by atoms with Crippen molar-refractivity contribution < 1.29 is 27.9 Å². The lowest BCUT2D eigenvalue weighted by Gasteiger charge is -2.34. The number of piperazine rings is 1. The number of benzene rings is 1. The molecule has 0 bridgehead atoms. The van der Waals surface area contributed by atoms with E-state index in [1.165, 1.54) is 4.90 Å². The van der Waals surface area contributed by atoms with E-state index >= 15 is 0 Å². The summed E-state index contributed by atoms with van der Waals surface area (Å²) in [6.07, 6.45) is 0.634. The average molecular weight is 466 g/mol. The zero-order valence-electron chi connectivity index (χ0n) is 18.4. The van der Waals surface area contributed by atoms with Gasteiger partial charge in [-0.1, -0.05) is 30.3 Å². The molecule has 2 amide bonds. The second-order valence-corrected chi connectivity index (χ2v) is 10.8. The number of carbonyl (C=O) groups excluding carboxylic acids is 2. The molecule has 1 N–H and O–H groups in total. The molecule has 3 rings (SSSR count). The van der Waals surface area contributed by atoms with E-state index in [0.717, 1.165) is 0 Å². The number of amides is 2. The third kappa shape index (κ3) is 6.29. The maximum atomic E-state index is 13.3. The van der Waals surface area contributed by atoms with Crippen molar-refractivity contribution in [1.82, 2.24) is 14.7 Å². The number of likely N-dealkylation sites (N-methyl/N-ethyl adjacent to an activating group) is 1. The van der Waals surface area contributed by atoms with Crippen LogP contribution >= 0.6 is 0 Å². The summed E-state index contributed by atoms with van der Waals surface area (Å²) in [4.78, 5) is 42.8. The van der Waals surface area contributed by atoms with Gasteiger partial charge in [-0.05, 0) is 25.5 Å². The molecule has 1 aromatic carbocycles. The van der Waals surface area contributed by atoms with E-state index in [9.17, 15) is 27.9 Å². The number of carbonyl (C=O) groups is 3. The summed E-state index contributed by atoms with van der Waals surface area (Å²) in [7, 11) is -1.74. The molecular weight excluding hydrogens is 434 g/mol. The topological polar surface area (TPSA) is 115 Å². The first-order valence-corrected chi connectivity index (χ1v) is 12.7. The maximum absolute atomic E-state index is 13.3. The van der Waals surface area contributed by atoms with Gasteiger partial charge in [-0.3, -0.25) is 9.59 Å². The molecule has 0 unspecified atom stereocenters. The van der Waals surface area contributed by atoms with Crippen LogP contribution in [0.25, 0.3) is 0 Å². The maximum Gasteiger partial charge on any atom is 0.326 e. The Kier molecular flexibility index (Phi) is 7.89. The molecule has 2 fully saturated rings. The molecule has 2 atom stereocenters. The molecule has 2 aliphatic heterocycles. The Morgan fingerprint density at radius 3 is 2.34 bits per heavy atom. The molecule has 32 heavy (non-hydrogen) atoms. The first kappa shape index (κ1) is 24.2. The Labute approximate surface area is 188 Å². The quantitative estimate of drug-likeness (QED) is 0.593. The van der Waals surface area contributed by atoms with Gasteiger partial charge in [0.25, 0.3) is 0 Å². The summed E-state index contributed by atoms with van der Waals surface area (Å²) in [6.45, 7) is 2.73. The normalized spacial score (nSPS) is 20.8. The van der Waals surface area contributed by atoms with E-state index < -0.39 is 39.4 Å². The summed E-state index contributed by atoms with van der Waals surface area (Å²) in [6, 6.07) is 7.70. The molecule has 0 saturated carbocycles.